The Hall–Kier alpha value is -3.21. The Balaban J connectivity index is 1.33. The first-order valence-electron chi connectivity index (χ1n) is 11.8. The number of rotatable bonds is 5. The first-order valence-corrected chi connectivity index (χ1v) is 12.7. The van der Waals surface area contributed by atoms with Gasteiger partial charge in [0, 0.05) is 21.4 Å². The summed E-state index contributed by atoms with van der Waals surface area (Å²) in [6.07, 6.45) is 2.10. The third kappa shape index (κ3) is 3.24. The summed E-state index contributed by atoms with van der Waals surface area (Å²) in [7, 11) is 0. The number of imide groups is 1. The number of nitrogens with zero attached hydrogens (tertiary/aromatic N) is 2. The van der Waals surface area contributed by atoms with Crippen molar-refractivity contribution in [1.29, 1.82) is 5.26 Å². The van der Waals surface area contributed by atoms with E-state index in [2.05, 4.69) is 6.07 Å². The molecule has 3 saturated heterocycles. The number of nitriles is 1. The number of carbonyl (C=O) groups excluding carboxylic acids is 2. The molecule has 0 unspecified atom stereocenters. The summed E-state index contributed by atoms with van der Waals surface area (Å²) in [6, 6.07) is 19.3. The van der Waals surface area contributed by atoms with E-state index < -0.39 is 23.0 Å². The topological polar surface area (TPSA) is 70.4 Å². The molecule has 6 rings (SSSR count). The fraction of sp³-hybridized carbons (Fsp3) is 0.321. The number of halogens is 1. The monoisotopic (exact) mass is 486 g/mol. The molecular formula is C28H23FN2O3S. The van der Waals surface area contributed by atoms with Crippen LogP contribution < -0.4 is 4.90 Å². The van der Waals surface area contributed by atoms with Crippen LogP contribution in [0.5, 0.6) is 0 Å². The van der Waals surface area contributed by atoms with Crippen molar-refractivity contribution in [3.63, 3.8) is 0 Å². The Morgan fingerprint density at radius 1 is 1.03 bits per heavy atom. The van der Waals surface area contributed by atoms with Crippen LogP contribution in [0.15, 0.2) is 65.6 Å². The number of thioether (sulfide) groups is 1. The molecule has 0 radical (unpaired) electrons. The maximum absolute atomic E-state index is 13.9. The molecule has 4 atom stereocenters. The summed E-state index contributed by atoms with van der Waals surface area (Å²) in [5, 5.41) is 11.0. The van der Waals surface area contributed by atoms with Gasteiger partial charge in [0.25, 0.3) is 0 Å². The van der Waals surface area contributed by atoms with Crippen LogP contribution in [0.1, 0.15) is 31.7 Å². The lowest BCUT2D eigenvalue weighted by Crippen LogP contribution is -2.42. The van der Waals surface area contributed by atoms with Gasteiger partial charge < -0.3 is 4.74 Å². The van der Waals surface area contributed by atoms with Crippen molar-refractivity contribution in [2.75, 3.05) is 10.7 Å². The highest BCUT2D eigenvalue weighted by Crippen LogP contribution is 2.62. The van der Waals surface area contributed by atoms with Crippen LogP contribution in [-0.2, 0) is 14.3 Å². The molecule has 3 aliphatic rings. The van der Waals surface area contributed by atoms with Crippen molar-refractivity contribution < 1.29 is 18.7 Å². The maximum atomic E-state index is 13.9. The molecule has 5 nitrogen and oxygen atoms in total. The lowest BCUT2D eigenvalue weighted by molar-refractivity contribution is -0.130. The van der Waals surface area contributed by atoms with Crippen LogP contribution >= 0.6 is 11.8 Å². The first kappa shape index (κ1) is 22.3. The Morgan fingerprint density at radius 2 is 1.74 bits per heavy atom. The molecule has 0 spiro atoms. The largest absolute Gasteiger partial charge is 0.367 e. The van der Waals surface area contributed by atoms with Crippen LogP contribution in [0.4, 0.5) is 10.1 Å². The molecule has 0 aliphatic carbocycles. The van der Waals surface area contributed by atoms with Crippen LogP contribution in [0.25, 0.3) is 10.8 Å². The zero-order valence-corrected chi connectivity index (χ0v) is 20.0. The summed E-state index contributed by atoms with van der Waals surface area (Å²) >= 11 is 1.60. The molecular weight excluding hydrogens is 463 g/mol. The molecule has 3 aliphatic heterocycles. The Bertz CT molecular complexity index is 1420. The zero-order valence-electron chi connectivity index (χ0n) is 19.2. The predicted octanol–water partition coefficient (Wildman–Crippen LogP) is 5.46. The fourth-order valence-corrected chi connectivity index (χ4v) is 7.31. The maximum Gasteiger partial charge on any atom is 0.240 e. The van der Waals surface area contributed by atoms with E-state index in [9.17, 15) is 19.2 Å². The lowest BCUT2D eigenvalue weighted by Gasteiger charge is -2.31. The summed E-state index contributed by atoms with van der Waals surface area (Å²) in [5.41, 5.74) is -0.318. The van der Waals surface area contributed by atoms with Crippen molar-refractivity contribution in [1.82, 2.24) is 0 Å². The van der Waals surface area contributed by atoms with E-state index in [-0.39, 0.29) is 17.6 Å². The van der Waals surface area contributed by atoms with Gasteiger partial charge in [-0.3, -0.25) is 9.59 Å². The van der Waals surface area contributed by atoms with Crippen LogP contribution in [0.2, 0.25) is 0 Å². The van der Waals surface area contributed by atoms with E-state index in [0.29, 0.717) is 28.8 Å². The van der Waals surface area contributed by atoms with Crippen LogP contribution in [0, 0.1) is 29.0 Å². The van der Waals surface area contributed by atoms with E-state index in [1.165, 1.54) is 17.0 Å². The van der Waals surface area contributed by atoms with Gasteiger partial charge in [-0.2, -0.15) is 5.26 Å². The van der Waals surface area contributed by atoms with Crippen molar-refractivity contribution in [2.24, 2.45) is 11.8 Å². The third-order valence-corrected chi connectivity index (χ3v) is 8.90. The minimum Gasteiger partial charge on any atom is -0.367 e. The minimum absolute atomic E-state index is 0.217. The molecule has 0 aromatic heterocycles. The van der Waals surface area contributed by atoms with Crippen molar-refractivity contribution in [3.05, 3.63) is 72.0 Å². The van der Waals surface area contributed by atoms with E-state index in [0.717, 1.165) is 23.1 Å². The average Bonchev–Trinajstić information content (AvgIpc) is 3.44. The van der Waals surface area contributed by atoms with Gasteiger partial charge in [-0.25, -0.2) is 9.29 Å². The van der Waals surface area contributed by atoms with Gasteiger partial charge in [0.2, 0.25) is 11.8 Å². The summed E-state index contributed by atoms with van der Waals surface area (Å²) in [5.74, 6) is -1.06. The number of ether oxygens (including phenoxy) is 1. The van der Waals surface area contributed by atoms with Crippen molar-refractivity contribution >= 4 is 40.0 Å². The highest BCUT2D eigenvalue weighted by Gasteiger charge is 2.73. The third-order valence-electron chi connectivity index (χ3n) is 7.88. The summed E-state index contributed by atoms with van der Waals surface area (Å²) in [6.45, 7) is 1.96. The second-order valence-electron chi connectivity index (χ2n) is 9.79. The lowest BCUT2D eigenvalue weighted by atomic mass is 9.67. The Morgan fingerprint density at radius 3 is 2.49 bits per heavy atom. The molecule has 0 N–H and O–H groups in total. The number of benzene rings is 3. The smallest absolute Gasteiger partial charge is 0.240 e. The molecule has 3 fully saturated rings. The SMILES string of the molecule is C[C@]12CC[C@](CCSc3ccc(F)cc3)(O1)[C@@H]1C(=O)N(c3ccc(C#N)c4ccccc34)C(=O)[C@@H]12. The molecule has 176 valence electrons. The highest BCUT2D eigenvalue weighted by atomic mass is 32.2. The summed E-state index contributed by atoms with van der Waals surface area (Å²) in [4.78, 5) is 30.0. The second kappa shape index (κ2) is 7.91. The quantitative estimate of drug-likeness (QED) is 0.354. The Labute approximate surface area is 206 Å². The molecule has 35 heavy (non-hydrogen) atoms. The molecule has 3 heterocycles. The molecule has 7 heteroatoms. The van der Waals surface area contributed by atoms with E-state index in [1.807, 2.05) is 31.2 Å². The second-order valence-corrected chi connectivity index (χ2v) is 11.0. The first-order chi connectivity index (χ1) is 16.9. The fourth-order valence-electron chi connectivity index (χ4n) is 6.30. The van der Waals surface area contributed by atoms with Gasteiger partial charge in [0.1, 0.15) is 5.82 Å². The average molecular weight is 487 g/mol. The minimum atomic E-state index is -0.684. The van der Waals surface area contributed by atoms with Gasteiger partial charge in [-0.1, -0.05) is 24.3 Å². The van der Waals surface area contributed by atoms with Gasteiger partial charge in [-0.05, 0) is 62.6 Å². The van der Waals surface area contributed by atoms with E-state index in [4.69, 9.17) is 4.74 Å². The van der Waals surface area contributed by atoms with Crippen molar-refractivity contribution in [2.45, 2.75) is 42.3 Å². The van der Waals surface area contributed by atoms with E-state index in [1.54, 1.807) is 36.0 Å². The molecule has 2 bridgehead atoms. The normalized spacial score (nSPS) is 29.1. The van der Waals surface area contributed by atoms with E-state index >= 15 is 0 Å². The number of fused-ring (bicyclic) bond motifs is 6. The zero-order chi connectivity index (χ0) is 24.4. The van der Waals surface area contributed by atoms with Crippen LogP contribution in [-0.4, -0.2) is 28.8 Å². The molecule has 3 aromatic carbocycles. The number of amides is 2. The number of hydrogen-bond acceptors (Lipinski definition) is 5. The van der Waals surface area contributed by atoms with Crippen LogP contribution in [0.3, 0.4) is 0 Å². The number of carbonyl (C=O) groups is 2. The van der Waals surface area contributed by atoms with Gasteiger partial charge in [0.05, 0.1) is 40.4 Å². The molecule has 0 saturated carbocycles. The number of anilines is 1. The highest BCUT2D eigenvalue weighted by molar-refractivity contribution is 7.99. The van der Waals surface area contributed by atoms with Gasteiger partial charge in [0.15, 0.2) is 0 Å². The number of hydrogen-bond donors (Lipinski definition) is 0. The standard InChI is InChI=1S/C28H23FN2O3S/c1-27-12-13-28(34-27,14-15-35-19-9-7-18(29)8-10-19)24-23(27)25(32)31(26(24)33)22-11-6-17(16-30)20-4-2-3-5-21(20)22/h2-11,23-24H,12-15H2,1H3/t23-,24+,27-,28-/m1/s1. The summed E-state index contributed by atoms with van der Waals surface area (Å²) < 4.78 is 19.8. The molecule has 3 aromatic rings. The van der Waals surface area contributed by atoms with Gasteiger partial charge in [-0.15, -0.1) is 11.8 Å². The van der Waals surface area contributed by atoms with Crippen molar-refractivity contribution in [3.8, 4) is 6.07 Å². The van der Waals surface area contributed by atoms with Gasteiger partial charge >= 0.3 is 0 Å². The predicted molar refractivity (Wildman–Crippen MR) is 131 cm³/mol. The Kier molecular flexibility index (Phi) is 5.03. The molecule has 2 amide bonds.